The third-order valence-electron chi connectivity index (χ3n) is 0.348. The van der Waals surface area contributed by atoms with Crippen LogP contribution in [0.15, 0.2) is 0 Å². The maximum absolute atomic E-state index is 10.6. The average Bonchev–Trinajstić information content (AvgIpc) is 1.80. The van der Waals surface area contributed by atoms with E-state index in [0.717, 1.165) is 0 Å². The summed E-state index contributed by atoms with van der Waals surface area (Å²) in [4.78, 5) is 0. The molecule has 0 saturated heterocycles. The van der Waals surface area contributed by atoms with Crippen LogP contribution in [0, 0.1) is 0 Å². The predicted molar refractivity (Wildman–Crippen MR) is 25.2 cm³/mol. The first kappa shape index (κ1) is 15.8. The van der Waals surface area contributed by atoms with Crippen molar-refractivity contribution in [1.29, 1.82) is 0 Å². The zero-order valence-corrected chi connectivity index (χ0v) is 6.09. The summed E-state index contributed by atoms with van der Waals surface area (Å²) in [7, 11) is 0. The van der Waals surface area contributed by atoms with Gasteiger partial charge in [-0.2, -0.15) is 4.74 Å². The molecule has 1 nitrogen and oxygen atoms in total. The summed E-state index contributed by atoms with van der Waals surface area (Å²) >= 11 is 0. The molecule has 0 heterocycles. The molecule has 0 fully saturated rings. The molecule has 0 radical (unpaired) electrons. The first-order valence-corrected chi connectivity index (χ1v) is 2.65. The van der Waals surface area contributed by atoms with E-state index in [0.29, 0.717) is 0 Å². The highest BCUT2D eigenvalue weighted by molar-refractivity contribution is 4.30. The Morgan fingerprint density at radius 2 is 1.07 bits per heavy atom. The van der Waals surface area contributed by atoms with E-state index in [1.807, 2.05) is 0 Å². The number of hydrogen-bond donors (Lipinski definition) is 0. The van der Waals surface area contributed by atoms with Gasteiger partial charge in [-0.1, -0.05) is 0 Å². The minimum atomic E-state index is -5.64. The molecule has 0 aliphatic rings. The van der Waals surface area contributed by atoms with Crippen molar-refractivity contribution >= 4 is 0 Å². The topological polar surface area (TPSA) is 9.23 Å². The van der Waals surface area contributed by atoms with Gasteiger partial charge in [-0.25, -0.2) is 13.2 Å². The van der Waals surface area contributed by atoms with E-state index in [1.165, 1.54) is 0 Å². The van der Waals surface area contributed by atoms with Gasteiger partial charge in [0.15, 0.2) is 6.67 Å². The van der Waals surface area contributed by atoms with Crippen molar-refractivity contribution in [3.8, 4) is 0 Å². The van der Waals surface area contributed by atoms with Crippen LogP contribution < -0.4 is 0 Å². The van der Waals surface area contributed by atoms with E-state index in [-0.39, 0.29) is 0 Å². The number of halogens is 9. The van der Waals surface area contributed by atoms with Gasteiger partial charge in [0, 0.05) is 0 Å². The molecule has 0 aliphatic carbocycles. The highest BCUT2D eigenvalue weighted by atomic mass is 19.4. The number of alkyl halides is 9. The summed E-state index contributed by atoms with van der Waals surface area (Å²) in [6, 6.07) is 0. The number of rotatable bonds is 1. The number of hydrogen-bond acceptors (Lipinski definition) is 1. The Balaban J connectivity index is 0. The van der Waals surface area contributed by atoms with E-state index >= 15 is 0 Å². The number of ether oxygens (including phenoxy) is 1. The monoisotopic (exact) mass is 238 g/mol. The summed E-state index contributed by atoms with van der Waals surface area (Å²) < 4.78 is 96.4. The Labute approximate surface area is 71.4 Å². The molecule has 88 valence electrons. The second-order valence-electron chi connectivity index (χ2n) is 1.54. The molecule has 0 amide bonds. The maximum atomic E-state index is 10.6. The average molecular weight is 238 g/mol. The normalized spacial score (nSPS) is 12.4. The Hall–Kier alpha value is -0.670. The van der Waals surface area contributed by atoms with Crippen LogP contribution in [-0.2, 0) is 4.74 Å². The fourth-order valence-electron chi connectivity index (χ4n) is 0.131. The van der Waals surface area contributed by atoms with Crippen molar-refractivity contribution in [3.63, 3.8) is 0 Å². The summed E-state index contributed by atoms with van der Waals surface area (Å²) in [6.45, 7) is -1.53. The van der Waals surface area contributed by atoms with Crippen molar-refractivity contribution in [2.45, 2.75) is 19.2 Å². The highest BCUT2D eigenvalue weighted by Crippen LogP contribution is 2.28. The minimum Gasteiger partial charge on any atom is -0.245 e. The fraction of sp³-hybridized carbons (Fsp3) is 1.00. The van der Waals surface area contributed by atoms with Gasteiger partial charge in [0.25, 0.3) is 6.43 Å². The third-order valence-corrected chi connectivity index (χ3v) is 0.348. The highest BCUT2D eigenvalue weighted by Gasteiger charge is 2.45. The van der Waals surface area contributed by atoms with E-state index in [4.69, 9.17) is 0 Å². The molecular weight excluding hydrogens is 235 g/mol. The van der Waals surface area contributed by atoms with E-state index in [1.54, 1.807) is 4.74 Å². The third kappa shape index (κ3) is 22.5. The molecule has 10 heteroatoms. The molecule has 0 aromatic carbocycles. The first-order valence-electron chi connectivity index (χ1n) is 2.65. The predicted octanol–water partition coefficient (Wildman–Crippen LogP) is 3.26. The van der Waals surface area contributed by atoms with Crippen LogP contribution in [0.2, 0.25) is 0 Å². The minimum absolute atomic E-state index is 1.53. The van der Waals surface area contributed by atoms with Crippen molar-refractivity contribution in [1.82, 2.24) is 0 Å². The first-order chi connectivity index (χ1) is 5.98. The summed E-state index contributed by atoms with van der Waals surface area (Å²) in [6.07, 6.45) is -14.1. The van der Waals surface area contributed by atoms with Crippen LogP contribution in [0.3, 0.4) is 0 Å². The lowest BCUT2D eigenvalue weighted by molar-refractivity contribution is -0.463. The zero-order valence-electron chi connectivity index (χ0n) is 6.09. The van der Waals surface area contributed by atoms with Gasteiger partial charge in [0.1, 0.15) is 0 Å². The molecule has 0 aliphatic heterocycles. The van der Waals surface area contributed by atoms with Gasteiger partial charge in [-0.3, -0.25) is 0 Å². The molecule has 0 bridgehead atoms. The lowest BCUT2D eigenvalue weighted by Crippen LogP contribution is -2.25. The lowest BCUT2D eigenvalue weighted by Gasteiger charge is -2.08. The lowest BCUT2D eigenvalue weighted by atomic mass is 10.8. The van der Waals surface area contributed by atoms with Gasteiger partial charge in [0.05, 0.1) is 0 Å². The van der Waals surface area contributed by atoms with Crippen LogP contribution in [0.4, 0.5) is 39.5 Å². The van der Waals surface area contributed by atoms with E-state index < -0.39 is 25.8 Å². The van der Waals surface area contributed by atoms with Gasteiger partial charge in [0.2, 0.25) is 0 Å². The van der Waals surface area contributed by atoms with Crippen LogP contribution >= 0.6 is 0 Å². The molecule has 0 N–H and O–H groups in total. The molecule has 0 atom stereocenters. The SMILES string of the molecule is FC(F)(F)OC(F)(F)F.FCC(F)F. The summed E-state index contributed by atoms with van der Waals surface area (Å²) in [5.41, 5.74) is 0. The Bertz CT molecular complexity index is 123. The van der Waals surface area contributed by atoms with Crippen LogP contribution in [0.5, 0.6) is 0 Å². The van der Waals surface area contributed by atoms with Crippen molar-refractivity contribution < 1.29 is 44.3 Å². The van der Waals surface area contributed by atoms with Crippen molar-refractivity contribution in [3.05, 3.63) is 0 Å². The molecule has 0 spiro atoms. The molecule has 0 aromatic heterocycles. The van der Waals surface area contributed by atoms with Gasteiger partial charge < -0.3 is 0 Å². The Morgan fingerprint density at radius 1 is 0.857 bits per heavy atom. The van der Waals surface area contributed by atoms with Crippen LogP contribution in [0.1, 0.15) is 0 Å². The van der Waals surface area contributed by atoms with Crippen molar-refractivity contribution in [2.75, 3.05) is 6.67 Å². The van der Waals surface area contributed by atoms with E-state index in [2.05, 4.69) is 0 Å². The Kier molecular flexibility index (Phi) is 6.69. The molecule has 0 unspecified atom stereocenters. The summed E-state index contributed by atoms with van der Waals surface area (Å²) in [5, 5.41) is 0. The molecule has 0 rings (SSSR count). The van der Waals surface area contributed by atoms with Crippen molar-refractivity contribution in [2.24, 2.45) is 0 Å². The van der Waals surface area contributed by atoms with Gasteiger partial charge >= 0.3 is 12.7 Å². The van der Waals surface area contributed by atoms with Crippen LogP contribution in [-0.4, -0.2) is 25.8 Å². The molecular formula is C4H3F9O. The van der Waals surface area contributed by atoms with Crippen LogP contribution in [0.25, 0.3) is 0 Å². The largest absolute Gasteiger partial charge is 0.529 e. The zero-order chi connectivity index (χ0) is 12.0. The van der Waals surface area contributed by atoms with E-state index in [9.17, 15) is 39.5 Å². The van der Waals surface area contributed by atoms with Gasteiger partial charge in [-0.15, -0.1) is 26.3 Å². The second-order valence-corrected chi connectivity index (χ2v) is 1.54. The quantitative estimate of drug-likeness (QED) is 0.637. The summed E-state index contributed by atoms with van der Waals surface area (Å²) in [5.74, 6) is 0. The fourth-order valence-corrected chi connectivity index (χ4v) is 0.131. The second kappa shape index (κ2) is 5.94. The molecule has 14 heavy (non-hydrogen) atoms. The molecule has 0 aromatic rings. The maximum Gasteiger partial charge on any atom is 0.529 e. The van der Waals surface area contributed by atoms with Gasteiger partial charge in [-0.05, 0) is 0 Å². The smallest absolute Gasteiger partial charge is 0.245 e. The standard InChI is InChI=1S/C2F6O.C2H3F3/c3-1(4,5)9-2(6,7)8;3-1-2(4)5/h;2H,1H2. The Morgan fingerprint density at radius 3 is 1.07 bits per heavy atom. The molecule has 0 saturated carbocycles.